The van der Waals surface area contributed by atoms with Gasteiger partial charge in [0.05, 0.1) is 0 Å². The summed E-state index contributed by atoms with van der Waals surface area (Å²) in [5.74, 6) is 0.671. The molecule has 0 saturated carbocycles. The molecule has 5 nitrogen and oxygen atoms in total. The van der Waals surface area contributed by atoms with Crippen LogP contribution in [0.2, 0.25) is 0 Å². The lowest BCUT2D eigenvalue weighted by Gasteiger charge is -2.33. The molecule has 0 aromatic carbocycles. The maximum atomic E-state index is 12.5. The van der Waals surface area contributed by atoms with E-state index in [1.165, 1.54) is 6.42 Å². The molecule has 1 rings (SSSR count). The summed E-state index contributed by atoms with van der Waals surface area (Å²) >= 11 is 0. The Labute approximate surface area is 144 Å². The molecule has 3 unspecified atom stereocenters. The van der Waals surface area contributed by atoms with Crippen molar-refractivity contribution in [2.24, 2.45) is 0 Å². The summed E-state index contributed by atoms with van der Waals surface area (Å²) in [6, 6.07) is 0.522. The van der Waals surface area contributed by atoms with Gasteiger partial charge in [-0.3, -0.25) is 4.21 Å². The van der Waals surface area contributed by atoms with Crippen molar-refractivity contribution in [2.75, 3.05) is 25.1 Å². The third-order valence-corrected chi connectivity index (χ3v) is 4.79. The maximum Gasteiger partial charge on any atom is 0.410 e. The number of likely N-dealkylation sites (tertiary alicyclic amines) is 1. The topological polar surface area (TPSA) is 58.6 Å². The first-order chi connectivity index (χ1) is 10.7. The van der Waals surface area contributed by atoms with Gasteiger partial charge < -0.3 is 15.0 Å². The van der Waals surface area contributed by atoms with Crippen LogP contribution in [-0.4, -0.2) is 58.0 Å². The Morgan fingerprint density at radius 1 is 1.35 bits per heavy atom. The van der Waals surface area contributed by atoms with Gasteiger partial charge in [0.15, 0.2) is 0 Å². The van der Waals surface area contributed by atoms with Crippen LogP contribution in [-0.2, 0) is 15.5 Å². The lowest BCUT2D eigenvalue weighted by atomic mass is 10.0. The predicted molar refractivity (Wildman–Crippen MR) is 96.2 cm³/mol. The monoisotopic (exact) mass is 346 g/mol. The van der Waals surface area contributed by atoms with Gasteiger partial charge in [0.2, 0.25) is 0 Å². The van der Waals surface area contributed by atoms with Gasteiger partial charge in [-0.1, -0.05) is 12.8 Å². The Bertz CT molecular complexity index is 396. The van der Waals surface area contributed by atoms with Crippen LogP contribution in [0.1, 0.15) is 59.8 Å². The molecule has 1 aliphatic rings. The Morgan fingerprint density at radius 3 is 2.65 bits per heavy atom. The Kier molecular flexibility index (Phi) is 8.54. The summed E-state index contributed by atoms with van der Waals surface area (Å²) in [6.45, 7) is 9.40. The fraction of sp³-hybridized carbons (Fsp3) is 0.941. The summed E-state index contributed by atoms with van der Waals surface area (Å²) in [6.07, 6.45) is 6.86. The van der Waals surface area contributed by atoms with E-state index < -0.39 is 16.4 Å². The zero-order valence-electron chi connectivity index (χ0n) is 15.4. The first-order valence-electron chi connectivity index (χ1n) is 8.72. The van der Waals surface area contributed by atoms with Gasteiger partial charge >= 0.3 is 6.09 Å². The molecule has 1 N–H and O–H groups in total. The fourth-order valence-corrected chi connectivity index (χ4v) is 3.33. The van der Waals surface area contributed by atoms with Gasteiger partial charge in [-0.2, -0.15) is 0 Å². The maximum absolute atomic E-state index is 12.5. The molecule has 1 aliphatic heterocycles. The van der Waals surface area contributed by atoms with Gasteiger partial charge in [-0.25, -0.2) is 4.79 Å². The first kappa shape index (κ1) is 20.4. The zero-order chi connectivity index (χ0) is 17.5. The summed E-state index contributed by atoms with van der Waals surface area (Å²) in [5.41, 5.74) is -0.455. The highest BCUT2D eigenvalue weighted by atomic mass is 32.2. The molecular weight excluding hydrogens is 312 g/mol. The Balaban J connectivity index is 2.59. The molecule has 23 heavy (non-hydrogen) atoms. The third kappa shape index (κ3) is 8.70. The van der Waals surface area contributed by atoms with Gasteiger partial charge in [0.25, 0.3) is 0 Å². The van der Waals surface area contributed by atoms with E-state index in [0.717, 1.165) is 38.8 Å². The molecule has 3 atom stereocenters. The van der Waals surface area contributed by atoms with E-state index in [1.807, 2.05) is 25.7 Å². The first-order valence-corrected chi connectivity index (χ1v) is 10.4. The van der Waals surface area contributed by atoms with Gasteiger partial charge in [-0.15, -0.1) is 0 Å². The third-order valence-electron chi connectivity index (χ3n) is 4.01. The second-order valence-corrected chi connectivity index (χ2v) is 9.10. The standard InChI is InChI=1S/C17H34N2O3S/c1-14(18-10-12-23(5)21)13-15-9-7-6-8-11-19(15)16(20)22-17(2,3)4/h14-15,18H,6-13H2,1-5H3. The van der Waals surface area contributed by atoms with Crippen molar-refractivity contribution in [1.29, 1.82) is 0 Å². The molecule has 0 aliphatic carbocycles. The van der Waals surface area contributed by atoms with Crippen LogP contribution < -0.4 is 5.32 Å². The van der Waals surface area contributed by atoms with Crippen molar-refractivity contribution in [1.82, 2.24) is 10.2 Å². The predicted octanol–water partition coefficient (Wildman–Crippen LogP) is 2.91. The highest BCUT2D eigenvalue weighted by molar-refractivity contribution is 7.84. The number of hydrogen-bond donors (Lipinski definition) is 1. The second kappa shape index (κ2) is 9.62. The van der Waals surface area contributed by atoms with Crippen LogP contribution in [0.4, 0.5) is 4.79 Å². The van der Waals surface area contributed by atoms with Gasteiger partial charge in [0.1, 0.15) is 5.60 Å². The number of hydrogen-bond acceptors (Lipinski definition) is 4. The lowest BCUT2D eigenvalue weighted by molar-refractivity contribution is 0.0150. The molecular formula is C17H34N2O3S. The molecule has 0 radical (unpaired) electrons. The number of ether oxygens (including phenoxy) is 1. The summed E-state index contributed by atoms with van der Waals surface area (Å²) in [5, 5.41) is 3.42. The molecule has 0 spiro atoms. The second-order valence-electron chi connectivity index (χ2n) is 7.55. The van der Waals surface area contributed by atoms with Crippen LogP contribution in [0, 0.1) is 0 Å². The minimum absolute atomic E-state index is 0.189. The molecule has 0 bridgehead atoms. The summed E-state index contributed by atoms with van der Waals surface area (Å²) < 4.78 is 16.7. The SMILES string of the molecule is CC(CC1CCCCCN1C(=O)OC(C)(C)C)NCCS(C)=O. The number of nitrogens with zero attached hydrogens (tertiary/aromatic N) is 1. The highest BCUT2D eigenvalue weighted by Crippen LogP contribution is 2.23. The van der Waals surface area contributed by atoms with Crippen molar-refractivity contribution in [3.8, 4) is 0 Å². The highest BCUT2D eigenvalue weighted by Gasteiger charge is 2.30. The average molecular weight is 347 g/mol. The van der Waals surface area contributed by atoms with Crippen LogP contribution in [0.5, 0.6) is 0 Å². The molecule has 1 fully saturated rings. The number of carbonyl (C=O) groups excluding carboxylic acids is 1. The zero-order valence-corrected chi connectivity index (χ0v) is 16.2. The fourth-order valence-electron chi connectivity index (χ4n) is 2.92. The minimum Gasteiger partial charge on any atom is -0.444 e. The van der Waals surface area contributed by atoms with Crippen molar-refractivity contribution in [3.63, 3.8) is 0 Å². The normalized spacial score (nSPS) is 22.3. The van der Waals surface area contributed by atoms with Crippen molar-refractivity contribution in [3.05, 3.63) is 0 Å². The van der Waals surface area contributed by atoms with E-state index in [4.69, 9.17) is 4.74 Å². The summed E-state index contributed by atoms with van der Waals surface area (Å²) in [4.78, 5) is 14.4. The summed E-state index contributed by atoms with van der Waals surface area (Å²) in [7, 11) is -0.764. The minimum atomic E-state index is -0.764. The van der Waals surface area contributed by atoms with E-state index in [2.05, 4.69) is 12.2 Å². The number of amides is 1. The lowest BCUT2D eigenvalue weighted by Crippen LogP contribution is -2.46. The molecule has 136 valence electrons. The van der Waals surface area contributed by atoms with E-state index in [1.54, 1.807) is 6.26 Å². The number of carbonyl (C=O) groups is 1. The smallest absolute Gasteiger partial charge is 0.410 e. The molecule has 1 heterocycles. The molecule has 6 heteroatoms. The van der Waals surface area contributed by atoms with Crippen LogP contribution in [0.25, 0.3) is 0 Å². The number of nitrogens with one attached hydrogen (secondary N) is 1. The van der Waals surface area contributed by atoms with E-state index >= 15 is 0 Å². The van der Waals surface area contributed by atoms with Crippen molar-refractivity contribution < 1.29 is 13.7 Å². The Hall–Kier alpha value is -0.620. The van der Waals surface area contributed by atoms with Crippen molar-refractivity contribution >= 4 is 16.9 Å². The van der Waals surface area contributed by atoms with Crippen LogP contribution in [0.15, 0.2) is 0 Å². The van der Waals surface area contributed by atoms with E-state index in [9.17, 15) is 9.00 Å². The van der Waals surface area contributed by atoms with Crippen molar-refractivity contribution in [2.45, 2.75) is 77.5 Å². The average Bonchev–Trinajstić information content (AvgIpc) is 2.61. The van der Waals surface area contributed by atoms with Crippen LogP contribution in [0.3, 0.4) is 0 Å². The van der Waals surface area contributed by atoms with Crippen LogP contribution >= 0.6 is 0 Å². The van der Waals surface area contributed by atoms with Gasteiger partial charge in [0, 0.05) is 48.0 Å². The molecule has 1 saturated heterocycles. The Morgan fingerprint density at radius 2 is 2.04 bits per heavy atom. The largest absolute Gasteiger partial charge is 0.444 e. The molecule has 1 amide bonds. The van der Waals surface area contributed by atoms with E-state index in [-0.39, 0.29) is 12.1 Å². The quantitative estimate of drug-likeness (QED) is 0.803. The molecule has 0 aromatic heterocycles. The van der Waals surface area contributed by atoms with E-state index in [0.29, 0.717) is 11.8 Å². The molecule has 0 aromatic rings. The number of rotatable bonds is 6. The van der Waals surface area contributed by atoms with Gasteiger partial charge in [-0.05, 0) is 47.0 Å².